The van der Waals surface area contributed by atoms with Gasteiger partial charge in [-0.05, 0) is 58.3 Å². The van der Waals surface area contributed by atoms with Crippen molar-refractivity contribution in [3.63, 3.8) is 0 Å². The second kappa shape index (κ2) is 24.3. The first-order valence-corrected chi connectivity index (χ1v) is 21.1. The Kier molecular flexibility index (Phi) is 29.0. The molecule has 0 aromatic rings. The van der Waals surface area contributed by atoms with Crippen LogP contribution in [-0.4, -0.2) is 113 Å². The van der Waals surface area contributed by atoms with E-state index in [4.69, 9.17) is 36.7 Å². The molecule has 0 aliphatic heterocycles. The van der Waals surface area contributed by atoms with Crippen molar-refractivity contribution >= 4 is 33.6 Å². The quantitative estimate of drug-likeness (QED) is 0.112. The van der Waals surface area contributed by atoms with Crippen molar-refractivity contribution in [2.75, 3.05) is 79.8 Å². The first-order valence-electron chi connectivity index (χ1n) is 11.8. The van der Waals surface area contributed by atoms with E-state index < -0.39 is 25.2 Å². The first kappa shape index (κ1) is 40.7. The molecule has 0 aliphatic rings. The van der Waals surface area contributed by atoms with E-state index in [0.29, 0.717) is 72.7 Å². The number of methoxy groups -OCH3 is 1. The summed E-state index contributed by atoms with van der Waals surface area (Å²) in [4.78, 5) is 0. The average molecular weight is 615 g/mol. The van der Waals surface area contributed by atoms with E-state index in [1.807, 2.05) is 0 Å². The fraction of sp³-hybridized carbons (Fsp3) is 1.00. The Morgan fingerprint density at radius 1 is 0.471 bits per heavy atom. The molecule has 13 heteroatoms. The molecule has 202 valence electrons. The van der Waals surface area contributed by atoms with Crippen molar-refractivity contribution in [2.45, 2.75) is 58.3 Å². The fourth-order valence-electron chi connectivity index (χ4n) is 3.04. The Hall–Kier alpha value is 2.20. The summed E-state index contributed by atoms with van der Waals surface area (Å²) >= 11 is 0. The van der Waals surface area contributed by atoms with Crippen molar-refractivity contribution < 1.29 is 94.8 Å². The largest absolute Gasteiger partial charge is 1.00 e. The summed E-state index contributed by atoms with van der Waals surface area (Å²) in [5.41, 5.74) is 0. The third-order valence-corrected chi connectivity index (χ3v) is 13.5. The molecule has 0 unspecified atom stereocenters. The minimum atomic E-state index is -2.16. The monoisotopic (exact) mass is 614 g/mol. The molecule has 0 bridgehead atoms. The van der Waals surface area contributed by atoms with Crippen LogP contribution in [0.4, 0.5) is 0 Å². The normalized spacial score (nSPS) is 12.4. The second-order valence-corrected chi connectivity index (χ2v) is 22.6. The summed E-state index contributed by atoms with van der Waals surface area (Å²) in [6, 6.07) is 0.970. The van der Waals surface area contributed by atoms with Crippen molar-refractivity contribution in [2.24, 2.45) is 0 Å². The maximum absolute atomic E-state index is 6.51. The number of rotatable bonds is 23. The van der Waals surface area contributed by atoms with E-state index in [2.05, 4.69) is 45.8 Å². The van der Waals surface area contributed by atoms with Crippen LogP contribution in [0.2, 0.25) is 51.9 Å². The Morgan fingerprint density at radius 3 is 1.06 bits per heavy atom. The van der Waals surface area contributed by atoms with Crippen LogP contribution in [0.1, 0.15) is 6.42 Å². The minimum Gasteiger partial charge on any atom is -0.437 e. The van der Waals surface area contributed by atoms with E-state index in [0.717, 1.165) is 12.5 Å². The van der Waals surface area contributed by atoms with Gasteiger partial charge in [0, 0.05) is 13.7 Å². The Balaban J connectivity index is -0.00000480. The summed E-state index contributed by atoms with van der Waals surface area (Å²) in [5, 5.41) is 0. The predicted octanol–water partition coefficient (Wildman–Crippen LogP) is -0.567. The molecule has 0 aromatic heterocycles. The summed E-state index contributed by atoms with van der Waals surface area (Å²) in [6.07, 6.45) is 0.957. The number of hydrogen-bond donors (Lipinski definition) is 0. The molecule has 0 amide bonds. The van der Waals surface area contributed by atoms with Gasteiger partial charge in [-0.25, -0.2) is 0 Å². The average Bonchev–Trinajstić information content (AvgIpc) is 2.64. The van der Waals surface area contributed by atoms with Gasteiger partial charge in [0.2, 0.25) is 0 Å². The van der Waals surface area contributed by atoms with Crippen LogP contribution in [0.25, 0.3) is 0 Å². The standard InChI is InChI=1S/C21H50O8Si3.BH4.Rb/c1-22-11-12-24-15-16-26-19-20-27-18-17-25-14-13-23-10-9-21-32(8,28-30(2,3)4)29-31(5,6)7;;/h9-21H2,1-8H3;1H4;/q;-1;+1. The third kappa shape index (κ3) is 30.4. The molecule has 0 radical (unpaired) electrons. The molecule has 0 spiro atoms. The molecule has 34 heavy (non-hydrogen) atoms. The van der Waals surface area contributed by atoms with Crippen LogP contribution in [-0.2, 0) is 36.7 Å². The van der Waals surface area contributed by atoms with Gasteiger partial charge in [-0.15, -0.1) is 0 Å². The number of hydrogen-bond acceptors (Lipinski definition) is 8. The van der Waals surface area contributed by atoms with Gasteiger partial charge in [0.15, 0.2) is 16.6 Å². The van der Waals surface area contributed by atoms with E-state index in [1.165, 1.54) is 0 Å². The SMILES string of the molecule is COCCOCCOCCOCCOCCOCCC[Si](C)(O[Si](C)(C)C)O[Si](C)(C)C.[BH4-].[Rb+]. The van der Waals surface area contributed by atoms with E-state index in [9.17, 15) is 0 Å². The molecule has 8 nitrogen and oxygen atoms in total. The Bertz CT molecular complexity index is 427. The third-order valence-electron chi connectivity index (χ3n) is 3.88. The summed E-state index contributed by atoms with van der Waals surface area (Å²) in [7, 11) is -3.78. The van der Waals surface area contributed by atoms with Crippen LogP contribution in [0.5, 0.6) is 0 Å². The molecule has 0 rings (SSSR count). The zero-order valence-electron chi connectivity index (χ0n) is 23.0. The van der Waals surface area contributed by atoms with Gasteiger partial charge in [-0.2, -0.15) is 0 Å². The topological polar surface area (TPSA) is 73.8 Å². The van der Waals surface area contributed by atoms with Crippen LogP contribution < -0.4 is 58.2 Å². The molecule has 0 saturated heterocycles. The van der Waals surface area contributed by atoms with E-state index in [-0.39, 0.29) is 66.6 Å². The molecule has 0 aliphatic carbocycles. The molecule has 0 N–H and O–H groups in total. The van der Waals surface area contributed by atoms with E-state index >= 15 is 0 Å². The van der Waals surface area contributed by atoms with Crippen LogP contribution >= 0.6 is 0 Å². The summed E-state index contributed by atoms with van der Waals surface area (Å²) < 4.78 is 45.4. The smallest absolute Gasteiger partial charge is 0.437 e. The van der Waals surface area contributed by atoms with Gasteiger partial charge in [0.25, 0.3) is 0 Å². The molecular weight excluding hydrogens is 561 g/mol. The van der Waals surface area contributed by atoms with Crippen molar-refractivity contribution in [1.29, 1.82) is 0 Å². The molecule has 0 heterocycles. The zero-order chi connectivity index (χ0) is 24.3. The van der Waals surface area contributed by atoms with Crippen LogP contribution in [0.3, 0.4) is 0 Å². The minimum absolute atomic E-state index is 0. The molecule has 0 aromatic carbocycles. The molecule has 0 atom stereocenters. The van der Waals surface area contributed by atoms with Crippen LogP contribution in [0, 0.1) is 0 Å². The number of ether oxygens (including phenoxy) is 6. The fourth-order valence-corrected chi connectivity index (χ4v) is 15.5. The van der Waals surface area contributed by atoms with Gasteiger partial charge >= 0.3 is 66.7 Å². The predicted molar refractivity (Wildman–Crippen MR) is 147 cm³/mol. The van der Waals surface area contributed by atoms with Gasteiger partial charge in [-0.3, -0.25) is 0 Å². The van der Waals surface area contributed by atoms with Gasteiger partial charge in [0.05, 0.1) is 66.1 Å². The van der Waals surface area contributed by atoms with Gasteiger partial charge in [0.1, 0.15) is 0 Å². The van der Waals surface area contributed by atoms with Crippen molar-refractivity contribution in [3.8, 4) is 0 Å². The molecular formula is C21H54BO8RbSi3. The second-order valence-electron chi connectivity index (χ2n) is 9.72. The Morgan fingerprint density at radius 2 is 0.765 bits per heavy atom. The zero-order valence-corrected chi connectivity index (χ0v) is 30.9. The van der Waals surface area contributed by atoms with E-state index in [1.54, 1.807) is 7.11 Å². The maximum atomic E-state index is 6.51. The molecule has 0 saturated carbocycles. The first-order chi connectivity index (χ1) is 15.0. The summed E-state index contributed by atoms with van der Waals surface area (Å²) in [6.45, 7) is 22.1. The Labute approximate surface area is 263 Å². The van der Waals surface area contributed by atoms with Crippen molar-refractivity contribution in [1.82, 2.24) is 0 Å². The van der Waals surface area contributed by atoms with Crippen molar-refractivity contribution in [3.05, 3.63) is 0 Å². The van der Waals surface area contributed by atoms with Crippen LogP contribution in [0.15, 0.2) is 0 Å². The molecule has 0 fully saturated rings. The van der Waals surface area contributed by atoms with Gasteiger partial charge in [-0.1, -0.05) is 8.41 Å². The maximum Gasteiger partial charge on any atom is 1.00 e. The summed E-state index contributed by atoms with van der Waals surface area (Å²) in [5.74, 6) is 0. The van der Waals surface area contributed by atoms with Gasteiger partial charge < -0.3 is 36.7 Å².